The summed E-state index contributed by atoms with van der Waals surface area (Å²) in [5, 5.41) is 0. The van der Waals surface area contributed by atoms with E-state index in [1.165, 1.54) is 5.56 Å². The predicted molar refractivity (Wildman–Crippen MR) is 50.3 cm³/mol. The molecule has 0 atom stereocenters. The summed E-state index contributed by atoms with van der Waals surface area (Å²) < 4.78 is 0. The van der Waals surface area contributed by atoms with Crippen molar-refractivity contribution >= 4 is 6.08 Å². The van der Waals surface area contributed by atoms with Crippen molar-refractivity contribution in [3.63, 3.8) is 0 Å². The van der Waals surface area contributed by atoms with Crippen LogP contribution in [0.3, 0.4) is 0 Å². The molecule has 0 aliphatic heterocycles. The van der Waals surface area contributed by atoms with Gasteiger partial charge in [0, 0.05) is 21.7 Å². The summed E-state index contributed by atoms with van der Waals surface area (Å²) in [5.41, 5.74) is 1.24. The van der Waals surface area contributed by atoms with Gasteiger partial charge in [0.1, 0.15) is 0 Å². The molecule has 0 saturated carbocycles. The first-order valence-corrected chi connectivity index (χ1v) is 3.78. The Morgan fingerprint density at radius 1 is 1.00 bits per heavy atom. The number of benzene rings is 1. The Labute approximate surface area is 88.9 Å². The zero-order valence-corrected chi connectivity index (χ0v) is 8.76. The van der Waals surface area contributed by atoms with E-state index < -0.39 is 0 Å². The van der Waals surface area contributed by atoms with Crippen LogP contribution in [-0.4, -0.2) is 0 Å². The molecule has 1 aromatic carbocycles. The van der Waals surface area contributed by atoms with Crippen LogP contribution in [0.4, 0.5) is 0 Å². The molecule has 0 spiro atoms. The largest absolute Gasteiger partial charge is 0.0877 e. The molecule has 1 heteroatoms. The monoisotopic (exact) mass is 192 g/mol. The molecule has 0 nitrogen and oxygen atoms in total. The second kappa shape index (κ2) is 7.08. The molecule has 0 amide bonds. The van der Waals surface area contributed by atoms with E-state index in [0.717, 1.165) is 0 Å². The Hall–Kier alpha value is -0.586. The predicted octanol–water partition coefficient (Wildman–Crippen LogP) is 3.27. The maximum Gasteiger partial charge on any atom is 0 e. The number of rotatable bonds is 2. The SMILES string of the molecule is CC=CC=Cc1ccccc1.[Ti]. The van der Waals surface area contributed by atoms with Crippen LogP contribution in [0.5, 0.6) is 0 Å². The molecule has 0 aliphatic carbocycles. The Balaban J connectivity index is 0.00000121. The molecule has 0 fully saturated rings. The minimum absolute atomic E-state index is 0. The average Bonchev–Trinajstić information content (AvgIpc) is 2.07. The van der Waals surface area contributed by atoms with Crippen LogP contribution in [-0.2, 0) is 21.7 Å². The van der Waals surface area contributed by atoms with Crippen LogP contribution in [0, 0.1) is 0 Å². The van der Waals surface area contributed by atoms with Gasteiger partial charge in [0.2, 0.25) is 0 Å². The van der Waals surface area contributed by atoms with Crippen LogP contribution in [0.15, 0.2) is 48.6 Å². The number of hydrogen-bond acceptors (Lipinski definition) is 0. The van der Waals surface area contributed by atoms with E-state index in [-0.39, 0.29) is 21.7 Å². The fraction of sp³-hybridized carbons (Fsp3) is 0.0909. The Morgan fingerprint density at radius 2 is 1.67 bits per heavy atom. The van der Waals surface area contributed by atoms with Gasteiger partial charge in [-0.1, -0.05) is 54.6 Å². The van der Waals surface area contributed by atoms with Crippen molar-refractivity contribution in [1.82, 2.24) is 0 Å². The van der Waals surface area contributed by atoms with Crippen LogP contribution in [0.2, 0.25) is 0 Å². The van der Waals surface area contributed by atoms with Crippen molar-refractivity contribution in [3.8, 4) is 0 Å². The molecule has 60 valence electrons. The second-order valence-corrected chi connectivity index (χ2v) is 2.30. The molecule has 0 bridgehead atoms. The first-order valence-electron chi connectivity index (χ1n) is 3.78. The van der Waals surface area contributed by atoms with Crippen molar-refractivity contribution in [3.05, 3.63) is 54.1 Å². The van der Waals surface area contributed by atoms with Crippen LogP contribution < -0.4 is 0 Å². The first kappa shape index (κ1) is 11.4. The number of hydrogen-bond donors (Lipinski definition) is 0. The van der Waals surface area contributed by atoms with E-state index in [2.05, 4.69) is 18.2 Å². The standard InChI is InChI=1S/C11H12.Ti/c1-2-3-5-8-11-9-6-4-7-10-11;/h2-10H,1H3;. The van der Waals surface area contributed by atoms with Crippen LogP contribution in [0.1, 0.15) is 12.5 Å². The summed E-state index contributed by atoms with van der Waals surface area (Å²) in [6, 6.07) is 10.3. The van der Waals surface area contributed by atoms with E-state index in [9.17, 15) is 0 Å². The molecule has 0 aromatic heterocycles. The molecule has 0 radical (unpaired) electrons. The summed E-state index contributed by atoms with van der Waals surface area (Å²) >= 11 is 0. The first-order chi connectivity index (χ1) is 5.43. The minimum Gasteiger partial charge on any atom is -0.0877 e. The third kappa shape index (κ3) is 4.32. The van der Waals surface area contributed by atoms with Gasteiger partial charge in [-0.2, -0.15) is 0 Å². The topological polar surface area (TPSA) is 0 Å². The molecule has 0 aliphatic rings. The fourth-order valence-corrected chi connectivity index (χ4v) is 0.842. The zero-order chi connectivity index (χ0) is 7.94. The Kier molecular flexibility index (Phi) is 6.74. The normalized spacial score (nSPS) is 10.4. The van der Waals surface area contributed by atoms with E-state index in [0.29, 0.717) is 0 Å². The van der Waals surface area contributed by atoms with Crippen LogP contribution in [0.25, 0.3) is 6.08 Å². The zero-order valence-electron chi connectivity index (χ0n) is 7.20. The van der Waals surface area contributed by atoms with E-state index >= 15 is 0 Å². The fourth-order valence-electron chi connectivity index (χ4n) is 0.842. The summed E-state index contributed by atoms with van der Waals surface area (Å²) in [7, 11) is 0. The van der Waals surface area contributed by atoms with Crippen molar-refractivity contribution in [2.75, 3.05) is 0 Å². The number of allylic oxidation sites excluding steroid dienone is 3. The van der Waals surface area contributed by atoms with Gasteiger partial charge in [-0.3, -0.25) is 0 Å². The molecule has 0 heterocycles. The Bertz CT molecular complexity index is 247. The summed E-state index contributed by atoms with van der Waals surface area (Å²) in [5.74, 6) is 0. The second-order valence-electron chi connectivity index (χ2n) is 2.30. The van der Waals surface area contributed by atoms with Crippen molar-refractivity contribution in [2.45, 2.75) is 6.92 Å². The summed E-state index contributed by atoms with van der Waals surface area (Å²) in [6.07, 6.45) is 8.15. The average molecular weight is 192 g/mol. The quantitative estimate of drug-likeness (QED) is 0.498. The van der Waals surface area contributed by atoms with Gasteiger partial charge in [-0.05, 0) is 12.5 Å². The van der Waals surface area contributed by atoms with Gasteiger partial charge in [-0.25, -0.2) is 0 Å². The van der Waals surface area contributed by atoms with Gasteiger partial charge in [0.25, 0.3) is 0 Å². The molecule has 1 rings (SSSR count). The van der Waals surface area contributed by atoms with Gasteiger partial charge >= 0.3 is 0 Å². The van der Waals surface area contributed by atoms with Crippen molar-refractivity contribution in [2.24, 2.45) is 0 Å². The van der Waals surface area contributed by atoms with Gasteiger partial charge in [0.05, 0.1) is 0 Å². The summed E-state index contributed by atoms with van der Waals surface area (Å²) in [4.78, 5) is 0. The van der Waals surface area contributed by atoms with Gasteiger partial charge in [-0.15, -0.1) is 0 Å². The molecule has 0 N–H and O–H groups in total. The smallest absolute Gasteiger partial charge is 0 e. The maximum absolute atomic E-state index is 2.08. The van der Waals surface area contributed by atoms with Crippen molar-refractivity contribution in [1.29, 1.82) is 0 Å². The molecule has 0 unspecified atom stereocenters. The third-order valence-corrected chi connectivity index (χ3v) is 1.39. The van der Waals surface area contributed by atoms with E-state index in [1.54, 1.807) is 0 Å². The summed E-state index contributed by atoms with van der Waals surface area (Å²) in [6.45, 7) is 2.01. The van der Waals surface area contributed by atoms with Crippen molar-refractivity contribution < 1.29 is 21.7 Å². The molecule has 1 aromatic rings. The molecule has 12 heavy (non-hydrogen) atoms. The van der Waals surface area contributed by atoms with Gasteiger partial charge in [0.15, 0.2) is 0 Å². The maximum atomic E-state index is 2.08. The van der Waals surface area contributed by atoms with E-state index in [4.69, 9.17) is 0 Å². The molecule has 0 saturated heterocycles. The molecular formula is C11H12Ti. The van der Waals surface area contributed by atoms with Crippen LogP contribution >= 0.6 is 0 Å². The third-order valence-electron chi connectivity index (χ3n) is 1.39. The van der Waals surface area contributed by atoms with Gasteiger partial charge < -0.3 is 0 Å². The van der Waals surface area contributed by atoms with E-state index in [1.807, 2.05) is 43.4 Å². The minimum atomic E-state index is 0. The molecular weight excluding hydrogens is 180 g/mol. The Morgan fingerprint density at radius 3 is 2.25 bits per heavy atom.